The summed E-state index contributed by atoms with van der Waals surface area (Å²) in [6, 6.07) is 12.6. The molecule has 0 bridgehead atoms. The van der Waals surface area contributed by atoms with E-state index in [4.69, 9.17) is 28.5 Å². The molecule has 0 aromatic heterocycles. The number of rotatable bonds is 3. The van der Waals surface area contributed by atoms with Crippen molar-refractivity contribution < 1.29 is 9.90 Å². The average Bonchev–Trinajstić information content (AvgIpc) is 2.49. The van der Waals surface area contributed by atoms with Gasteiger partial charge in [0.25, 0.3) is 5.91 Å². The average molecular weight is 333 g/mol. The zero-order chi connectivity index (χ0) is 16.1. The maximum absolute atomic E-state index is 12.1. The molecule has 2 rings (SSSR count). The number of anilines is 1. The van der Waals surface area contributed by atoms with Crippen LogP contribution in [0, 0.1) is 11.3 Å². The molecule has 6 heteroatoms. The van der Waals surface area contributed by atoms with E-state index in [1.54, 1.807) is 24.3 Å². The molecule has 0 saturated carbocycles. The van der Waals surface area contributed by atoms with Gasteiger partial charge in [-0.3, -0.25) is 4.79 Å². The molecule has 0 aliphatic rings. The minimum atomic E-state index is -0.584. The summed E-state index contributed by atoms with van der Waals surface area (Å²) < 4.78 is 0. The molecule has 2 N–H and O–H groups in total. The fraction of sp³-hybridized carbons (Fsp3) is 0. The van der Waals surface area contributed by atoms with Crippen LogP contribution in [0.5, 0.6) is 5.75 Å². The highest BCUT2D eigenvalue weighted by Crippen LogP contribution is 2.25. The molecular formula is C16H10Cl2N2O2. The topological polar surface area (TPSA) is 73.1 Å². The lowest BCUT2D eigenvalue weighted by atomic mass is 10.1. The standard InChI is InChI=1S/C16H10Cl2N2O2/c17-12-3-6-15(14(18)8-12)20-16(22)11(9-19)7-10-1-4-13(21)5-2-10/h1-8,21H,(H,20,22). The van der Waals surface area contributed by atoms with Gasteiger partial charge >= 0.3 is 0 Å². The summed E-state index contributed by atoms with van der Waals surface area (Å²) in [5.41, 5.74) is 0.895. The van der Waals surface area contributed by atoms with Crippen molar-refractivity contribution in [3.8, 4) is 11.8 Å². The third kappa shape index (κ3) is 4.01. The number of aromatic hydroxyl groups is 1. The molecule has 2 aromatic rings. The van der Waals surface area contributed by atoms with E-state index in [9.17, 15) is 9.90 Å². The number of nitrogens with one attached hydrogen (secondary N) is 1. The van der Waals surface area contributed by atoms with Crippen LogP contribution in [0.1, 0.15) is 5.56 Å². The second-order valence-corrected chi connectivity index (χ2v) is 5.18. The van der Waals surface area contributed by atoms with Gasteiger partial charge in [-0.2, -0.15) is 5.26 Å². The van der Waals surface area contributed by atoms with Crippen molar-refractivity contribution in [1.29, 1.82) is 5.26 Å². The second kappa shape index (κ2) is 6.99. The molecule has 0 saturated heterocycles. The number of nitrogens with zero attached hydrogens (tertiary/aromatic N) is 1. The van der Waals surface area contributed by atoms with E-state index in [1.807, 2.05) is 6.07 Å². The van der Waals surface area contributed by atoms with E-state index in [0.29, 0.717) is 16.3 Å². The molecule has 0 fully saturated rings. The lowest BCUT2D eigenvalue weighted by molar-refractivity contribution is -0.112. The number of carbonyl (C=O) groups excluding carboxylic acids is 1. The number of hydrogen-bond acceptors (Lipinski definition) is 3. The summed E-state index contributed by atoms with van der Waals surface area (Å²) in [5, 5.41) is 21.6. The molecular weight excluding hydrogens is 323 g/mol. The Balaban J connectivity index is 2.22. The maximum atomic E-state index is 12.1. The lowest BCUT2D eigenvalue weighted by Gasteiger charge is -2.06. The van der Waals surface area contributed by atoms with Crippen LogP contribution in [0.15, 0.2) is 48.0 Å². The number of halogens is 2. The molecule has 2 aromatic carbocycles. The first-order valence-electron chi connectivity index (χ1n) is 6.17. The van der Waals surface area contributed by atoms with Crippen LogP contribution >= 0.6 is 23.2 Å². The lowest BCUT2D eigenvalue weighted by Crippen LogP contribution is -2.13. The van der Waals surface area contributed by atoms with Crippen molar-refractivity contribution in [3.05, 3.63) is 63.6 Å². The van der Waals surface area contributed by atoms with Crippen molar-refractivity contribution in [1.82, 2.24) is 0 Å². The molecule has 110 valence electrons. The molecule has 0 heterocycles. The Morgan fingerprint density at radius 1 is 1.18 bits per heavy atom. The van der Waals surface area contributed by atoms with E-state index in [1.165, 1.54) is 24.3 Å². The number of nitriles is 1. The number of carbonyl (C=O) groups is 1. The summed E-state index contributed by atoms with van der Waals surface area (Å²) in [6.45, 7) is 0. The Labute approximate surface area is 137 Å². The van der Waals surface area contributed by atoms with Gasteiger partial charge in [0.15, 0.2) is 0 Å². The van der Waals surface area contributed by atoms with Gasteiger partial charge in [-0.05, 0) is 42.0 Å². The van der Waals surface area contributed by atoms with E-state index in [-0.39, 0.29) is 16.3 Å². The first-order valence-corrected chi connectivity index (χ1v) is 6.92. The largest absolute Gasteiger partial charge is 0.508 e. The predicted octanol–water partition coefficient (Wildman–Crippen LogP) is 4.24. The van der Waals surface area contributed by atoms with Crippen molar-refractivity contribution in [2.24, 2.45) is 0 Å². The first-order chi connectivity index (χ1) is 10.5. The fourth-order valence-corrected chi connectivity index (χ4v) is 2.12. The summed E-state index contributed by atoms with van der Waals surface area (Å²) >= 11 is 11.8. The van der Waals surface area contributed by atoms with Gasteiger partial charge in [0.1, 0.15) is 17.4 Å². The number of amides is 1. The third-order valence-electron chi connectivity index (χ3n) is 2.75. The van der Waals surface area contributed by atoms with Crippen LogP contribution in [0.3, 0.4) is 0 Å². The Kier molecular flexibility index (Phi) is 5.05. The molecule has 0 radical (unpaired) electrons. The van der Waals surface area contributed by atoms with Gasteiger partial charge in [0.05, 0.1) is 10.7 Å². The fourth-order valence-electron chi connectivity index (χ4n) is 1.67. The van der Waals surface area contributed by atoms with Crippen LogP contribution < -0.4 is 5.32 Å². The van der Waals surface area contributed by atoms with Crippen molar-refractivity contribution in [2.45, 2.75) is 0 Å². The smallest absolute Gasteiger partial charge is 0.266 e. The van der Waals surface area contributed by atoms with E-state index in [0.717, 1.165) is 0 Å². The summed E-state index contributed by atoms with van der Waals surface area (Å²) in [4.78, 5) is 12.1. The van der Waals surface area contributed by atoms with Crippen LogP contribution in [0.25, 0.3) is 6.08 Å². The van der Waals surface area contributed by atoms with Crippen molar-refractivity contribution >= 4 is 40.9 Å². The molecule has 0 spiro atoms. The minimum Gasteiger partial charge on any atom is -0.508 e. The number of phenolic OH excluding ortho intramolecular Hbond substituents is 1. The Hall–Kier alpha value is -2.48. The molecule has 4 nitrogen and oxygen atoms in total. The summed E-state index contributed by atoms with van der Waals surface area (Å²) in [6.07, 6.45) is 1.42. The second-order valence-electron chi connectivity index (χ2n) is 4.34. The Bertz CT molecular complexity index is 778. The molecule has 0 aliphatic carbocycles. The highest BCUT2D eigenvalue weighted by molar-refractivity contribution is 6.36. The van der Waals surface area contributed by atoms with E-state index >= 15 is 0 Å². The van der Waals surface area contributed by atoms with Gasteiger partial charge in [0.2, 0.25) is 0 Å². The van der Waals surface area contributed by atoms with Crippen LogP contribution in [0.2, 0.25) is 10.0 Å². The van der Waals surface area contributed by atoms with Crippen LogP contribution in [-0.4, -0.2) is 11.0 Å². The van der Waals surface area contributed by atoms with Gasteiger partial charge in [-0.25, -0.2) is 0 Å². The Morgan fingerprint density at radius 2 is 1.86 bits per heavy atom. The number of hydrogen-bond donors (Lipinski definition) is 2. The van der Waals surface area contributed by atoms with E-state index in [2.05, 4.69) is 5.32 Å². The van der Waals surface area contributed by atoms with Crippen molar-refractivity contribution in [3.63, 3.8) is 0 Å². The zero-order valence-electron chi connectivity index (χ0n) is 11.2. The highest BCUT2D eigenvalue weighted by atomic mass is 35.5. The first kappa shape index (κ1) is 15.9. The molecule has 0 unspecified atom stereocenters. The van der Waals surface area contributed by atoms with Gasteiger partial charge < -0.3 is 10.4 Å². The minimum absolute atomic E-state index is 0.0864. The normalized spacial score (nSPS) is 10.9. The SMILES string of the molecule is N#CC(=Cc1ccc(O)cc1)C(=O)Nc1ccc(Cl)cc1Cl. The Morgan fingerprint density at radius 3 is 2.45 bits per heavy atom. The molecule has 1 amide bonds. The molecule has 0 atom stereocenters. The van der Waals surface area contributed by atoms with Gasteiger partial charge in [-0.15, -0.1) is 0 Å². The van der Waals surface area contributed by atoms with Crippen LogP contribution in [0.4, 0.5) is 5.69 Å². The quantitative estimate of drug-likeness (QED) is 0.652. The monoisotopic (exact) mass is 332 g/mol. The molecule has 22 heavy (non-hydrogen) atoms. The third-order valence-corrected chi connectivity index (χ3v) is 3.30. The zero-order valence-corrected chi connectivity index (χ0v) is 12.7. The highest BCUT2D eigenvalue weighted by Gasteiger charge is 2.11. The van der Waals surface area contributed by atoms with Gasteiger partial charge in [-0.1, -0.05) is 35.3 Å². The number of benzene rings is 2. The molecule has 0 aliphatic heterocycles. The van der Waals surface area contributed by atoms with Crippen molar-refractivity contribution in [2.75, 3.05) is 5.32 Å². The van der Waals surface area contributed by atoms with Gasteiger partial charge in [0, 0.05) is 5.02 Å². The summed E-state index contributed by atoms with van der Waals surface area (Å²) in [5.74, 6) is -0.479. The van der Waals surface area contributed by atoms with E-state index < -0.39 is 5.91 Å². The van der Waals surface area contributed by atoms with Crippen LogP contribution in [-0.2, 0) is 4.79 Å². The predicted molar refractivity (Wildman–Crippen MR) is 86.8 cm³/mol. The maximum Gasteiger partial charge on any atom is 0.266 e. The summed E-state index contributed by atoms with van der Waals surface area (Å²) in [7, 11) is 0. The number of phenols is 1.